The van der Waals surface area contributed by atoms with Gasteiger partial charge < -0.3 is 4.90 Å². The maximum atomic E-state index is 12.6. The number of rotatable bonds is 4. The number of nitrogens with zero attached hydrogens (tertiary/aromatic N) is 3. The molecule has 0 bridgehead atoms. The fourth-order valence-corrected chi connectivity index (χ4v) is 3.67. The Balaban J connectivity index is 1.43. The predicted molar refractivity (Wildman–Crippen MR) is 97.2 cm³/mol. The van der Waals surface area contributed by atoms with E-state index in [1.165, 1.54) is 5.56 Å². The lowest BCUT2D eigenvalue weighted by Crippen LogP contribution is -2.39. The topological polar surface area (TPSA) is 61.9 Å². The molecule has 2 aromatic heterocycles. The lowest BCUT2D eigenvalue weighted by Gasteiger charge is -2.32. The van der Waals surface area contributed by atoms with Crippen LogP contribution in [0.15, 0.2) is 48.7 Å². The number of benzene rings is 1. The van der Waals surface area contributed by atoms with E-state index in [4.69, 9.17) is 0 Å². The summed E-state index contributed by atoms with van der Waals surface area (Å²) in [5.74, 6) is 0.555. The predicted octanol–water partition coefficient (Wildman–Crippen LogP) is 3.30. The number of aromatic nitrogens is 3. The highest BCUT2D eigenvalue weighted by atomic mass is 16.2. The third-order valence-corrected chi connectivity index (χ3v) is 5.01. The highest BCUT2D eigenvalue weighted by Crippen LogP contribution is 2.30. The summed E-state index contributed by atoms with van der Waals surface area (Å²) in [5.41, 5.74) is 3.09. The first-order valence-electron chi connectivity index (χ1n) is 8.92. The Morgan fingerprint density at radius 3 is 2.96 bits per heavy atom. The lowest BCUT2D eigenvalue weighted by molar-refractivity contribution is -0.132. The van der Waals surface area contributed by atoms with Crippen LogP contribution in [0, 0.1) is 0 Å². The summed E-state index contributed by atoms with van der Waals surface area (Å²) in [5, 5.41) is 8.53. The summed E-state index contributed by atoms with van der Waals surface area (Å²) in [6.07, 6.45) is 5.24. The van der Waals surface area contributed by atoms with E-state index in [2.05, 4.69) is 33.4 Å². The molecule has 5 nitrogen and oxygen atoms in total. The zero-order valence-corrected chi connectivity index (χ0v) is 14.2. The molecule has 4 rings (SSSR count). The first-order chi connectivity index (χ1) is 12.3. The van der Waals surface area contributed by atoms with E-state index >= 15 is 0 Å². The molecule has 25 heavy (non-hydrogen) atoms. The number of piperidine rings is 1. The number of amides is 1. The van der Waals surface area contributed by atoms with Crippen molar-refractivity contribution < 1.29 is 4.79 Å². The van der Waals surface area contributed by atoms with Gasteiger partial charge in [-0.3, -0.25) is 9.89 Å². The molecule has 1 amide bonds. The quantitative estimate of drug-likeness (QED) is 0.796. The molecule has 1 atom stereocenters. The second-order valence-corrected chi connectivity index (χ2v) is 6.68. The Hall–Kier alpha value is -2.69. The zero-order chi connectivity index (χ0) is 17.1. The minimum absolute atomic E-state index is 0.246. The second kappa shape index (κ2) is 7.05. The van der Waals surface area contributed by atoms with E-state index in [-0.39, 0.29) is 5.91 Å². The lowest BCUT2D eigenvalue weighted by atomic mass is 9.93. The molecule has 1 aliphatic rings. The zero-order valence-electron chi connectivity index (χ0n) is 14.2. The molecule has 3 heterocycles. The van der Waals surface area contributed by atoms with Crippen LogP contribution in [-0.2, 0) is 11.2 Å². The van der Waals surface area contributed by atoms with Gasteiger partial charge in [-0.25, -0.2) is 4.98 Å². The van der Waals surface area contributed by atoms with Crippen LogP contribution in [0.5, 0.6) is 0 Å². The number of carbonyl (C=O) groups is 1. The summed E-state index contributed by atoms with van der Waals surface area (Å²) >= 11 is 0. The maximum Gasteiger partial charge on any atom is 0.222 e. The number of aromatic amines is 1. The van der Waals surface area contributed by atoms with Crippen LogP contribution in [0.3, 0.4) is 0 Å². The van der Waals surface area contributed by atoms with Gasteiger partial charge >= 0.3 is 0 Å². The van der Waals surface area contributed by atoms with E-state index in [9.17, 15) is 4.79 Å². The highest BCUT2D eigenvalue weighted by molar-refractivity contribution is 5.79. The average Bonchev–Trinajstić information content (AvgIpc) is 3.11. The van der Waals surface area contributed by atoms with E-state index in [0.29, 0.717) is 12.3 Å². The first kappa shape index (κ1) is 15.8. The molecule has 0 radical (unpaired) electrons. The SMILES string of the molecule is O=C(CCc1ccccc1)N1CCC[C@H](c2[nH]nc3ncccc23)C1. The molecule has 0 spiro atoms. The molecule has 0 aliphatic carbocycles. The third-order valence-electron chi connectivity index (χ3n) is 5.01. The van der Waals surface area contributed by atoms with Crippen molar-refractivity contribution in [2.75, 3.05) is 13.1 Å². The number of H-pyrrole nitrogens is 1. The van der Waals surface area contributed by atoms with Crippen molar-refractivity contribution in [3.05, 3.63) is 59.9 Å². The van der Waals surface area contributed by atoms with Crippen LogP contribution in [0.4, 0.5) is 0 Å². The van der Waals surface area contributed by atoms with Gasteiger partial charge in [-0.2, -0.15) is 5.10 Å². The molecule has 0 unspecified atom stereocenters. The van der Waals surface area contributed by atoms with Gasteiger partial charge in [0, 0.05) is 42.7 Å². The number of pyridine rings is 1. The van der Waals surface area contributed by atoms with Crippen molar-refractivity contribution in [2.45, 2.75) is 31.6 Å². The number of aryl methyl sites for hydroxylation is 1. The molecular formula is C20H22N4O. The van der Waals surface area contributed by atoms with E-state index in [1.807, 2.05) is 29.2 Å². The van der Waals surface area contributed by atoms with Gasteiger partial charge in [0.25, 0.3) is 0 Å². The van der Waals surface area contributed by atoms with Crippen LogP contribution in [-0.4, -0.2) is 39.1 Å². The Morgan fingerprint density at radius 2 is 2.08 bits per heavy atom. The van der Waals surface area contributed by atoms with E-state index in [1.54, 1.807) is 6.20 Å². The molecule has 1 N–H and O–H groups in total. The molecule has 128 valence electrons. The van der Waals surface area contributed by atoms with E-state index < -0.39 is 0 Å². The standard InChI is InChI=1S/C20H22N4O/c25-18(11-10-15-6-2-1-3-7-15)24-13-5-8-16(14-24)19-17-9-4-12-21-20(17)23-22-19/h1-4,6-7,9,12,16H,5,8,10-11,13-14H2,(H,21,22,23)/t16-/m0/s1. The summed E-state index contributed by atoms with van der Waals surface area (Å²) < 4.78 is 0. The minimum atomic E-state index is 0.246. The van der Waals surface area contributed by atoms with Gasteiger partial charge in [-0.15, -0.1) is 0 Å². The molecule has 0 saturated carbocycles. The Labute approximate surface area is 147 Å². The first-order valence-corrected chi connectivity index (χ1v) is 8.92. The summed E-state index contributed by atoms with van der Waals surface area (Å²) in [4.78, 5) is 18.9. The van der Waals surface area contributed by atoms with Gasteiger partial charge in [0.1, 0.15) is 0 Å². The van der Waals surface area contributed by atoms with Crippen LogP contribution < -0.4 is 0 Å². The van der Waals surface area contributed by atoms with E-state index in [0.717, 1.165) is 49.1 Å². The van der Waals surface area contributed by atoms with Crippen LogP contribution in [0.1, 0.15) is 36.4 Å². The minimum Gasteiger partial charge on any atom is -0.342 e. The van der Waals surface area contributed by atoms with Gasteiger partial charge in [-0.05, 0) is 37.0 Å². The molecule has 1 saturated heterocycles. The van der Waals surface area contributed by atoms with Gasteiger partial charge in [-0.1, -0.05) is 30.3 Å². The van der Waals surface area contributed by atoms with Crippen LogP contribution in [0.25, 0.3) is 11.0 Å². The van der Waals surface area contributed by atoms with Crippen molar-refractivity contribution in [3.8, 4) is 0 Å². The van der Waals surface area contributed by atoms with Crippen molar-refractivity contribution in [3.63, 3.8) is 0 Å². The number of hydrogen-bond donors (Lipinski definition) is 1. The summed E-state index contributed by atoms with van der Waals surface area (Å²) in [6.45, 7) is 1.62. The monoisotopic (exact) mass is 334 g/mol. The smallest absolute Gasteiger partial charge is 0.222 e. The molecule has 3 aromatic rings. The summed E-state index contributed by atoms with van der Waals surface area (Å²) in [6, 6.07) is 14.2. The van der Waals surface area contributed by atoms with Gasteiger partial charge in [0.05, 0.1) is 0 Å². The van der Waals surface area contributed by atoms with Gasteiger partial charge in [0.15, 0.2) is 5.65 Å². The molecule has 1 aromatic carbocycles. The molecule has 1 aliphatic heterocycles. The fourth-order valence-electron chi connectivity index (χ4n) is 3.67. The van der Waals surface area contributed by atoms with Crippen molar-refractivity contribution >= 4 is 16.9 Å². The number of fused-ring (bicyclic) bond motifs is 1. The van der Waals surface area contributed by atoms with Crippen molar-refractivity contribution in [1.82, 2.24) is 20.1 Å². The van der Waals surface area contributed by atoms with Crippen molar-refractivity contribution in [1.29, 1.82) is 0 Å². The van der Waals surface area contributed by atoms with Gasteiger partial charge in [0.2, 0.25) is 5.91 Å². The number of likely N-dealkylation sites (tertiary alicyclic amines) is 1. The Morgan fingerprint density at radius 1 is 1.20 bits per heavy atom. The largest absolute Gasteiger partial charge is 0.342 e. The van der Waals surface area contributed by atoms with Crippen molar-refractivity contribution in [2.24, 2.45) is 0 Å². The number of nitrogens with one attached hydrogen (secondary N) is 1. The summed E-state index contributed by atoms with van der Waals surface area (Å²) in [7, 11) is 0. The molecule has 1 fully saturated rings. The Bertz CT molecular complexity index is 858. The highest BCUT2D eigenvalue weighted by Gasteiger charge is 2.27. The number of hydrogen-bond acceptors (Lipinski definition) is 3. The maximum absolute atomic E-state index is 12.6. The van der Waals surface area contributed by atoms with Crippen LogP contribution in [0.2, 0.25) is 0 Å². The molecule has 5 heteroatoms. The Kier molecular flexibility index (Phi) is 4.46. The molecular weight excluding hydrogens is 312 g/mol. The van der Waals surface area contributed by atoms with Crippen LogP contribution >= 0.6 is 0 Å². The number of carbonyl (C=O) groups excluding carboxylic acids is 1. The average molecular weight is 334 g/mol. The normalized spacial score (nSPS) is 17.8. The third kappa shape index (κ3) is 3.40. The fraction of sp³-hybridized carbons (Fsp3) is 0.350. The second-order valence-electron chi connectivity index (χ2n) is 6.68.